The van der Waals surface area contributed by atoms with Gasteiger partial charge in [-0.25, -0.2) is 4.98 Å². The van der Waals surface area contributed by atoms with Crippen LogP contribution < -0.4 is 4.74 Å². The smallest absolute Gasteiger partial charge is 0.416 e. The Kier molecular flexibility index (Phi) is 5.15. The van der Waals surface area contributed by atoms with Crippen molar-refractivity contribution in [3.05, 3.63) is 59.3 Å². The van der Waals surface area contributed by atoms with E-state index in [4.69, 9.17) is 4.74 Å². The summed E-state index contributed by atoms with van der Waals surface area (Å²) in [5.74, 6) is 0.417. The van der Waals surface area contributed by atoms with Crippen LogP contribution >= 0.6 is 0 Å². The summed E-state index contributed by atoms with van der Waals surface area (Å²) >= 11 is 0. The van der Waals surface area contributed by atoms with Crippen molar-refractivity contribution in [2.45, 2.75) is 32.0 Å². The monoisotopic (exact) mass is 364 g/mol. The number of aromatic nitrogens is 1. The number of pyridine rings is 1. The Morgan fingerprint density at radius 2 is 1.96 bits per heavy atom. The second-order valence-corrected chi connectivity index (χ2v) is 6.36. The van der Waals surface area contributed by atoms with Crippen LogP contribution in [0.4, 0.5) is 13.2 Å². The highest BCUT2D eigenvalue weighted by molar-refractivity contribution is 5.79. The number of carbonyl (C=O) groups excluding carboxylic acids is 1. The first kappa shape index (κ1) is 18.2. The van der Waals surface area contributed by atoms with Gasteiger partial charge >= 0.3 is 6.18 Å². The number of hydrogen-bond donors (Lipinski definition) is 0. The minimum Gasteiger partial charge on any atom is -0.472 e. The Balaban J connectivity index is 1.54. The lowest BCUT2D eigenvalue weighted by Crippen LogP contribution is -2.32. The van der Waals surface area contributed by atoms with E-state index in [9.17, 15) is 18.0 Å². The molecular formula is C19H19F3N2O2. The molecule has 1 aromatic heterocycles. The van der Waals surface area contributed by atoms with E-state index in [1.165, 1.54) is 12.1 Å². The van der Waals surface area contributed by atoms with Crippen LogP contribution in [0.3, 0.4) is 0 Å². The molecule has 0 N–H and O–H groups in total. The van der Waals surface area contributed by atoms with E-state index in [2.05, 4.69) is 4.98 Å². The summed E-state index contributed by atoms with van der Waals surface area (Å²) in [4.78, 5) is 18.3. The van der Waals surface area contributed by atoms with Crippen LogP contribution in [-0.4, -0.2) is 35.0 Å². The van der Waals surface area contributed by atoms with Crippen LogP contribution in [0.2, 0.25) is 0 Å². The zero-order chi connectivity index (χ0) is 18.7. The highest BCUT2D eigenvalue weighted by Crippen LogP contribution is 2.29. The predicted octanol–water partition coefficient (Wildman–Crippen LogP) is 3.63. The number of ether oxygens (including phenoxy) is 1. The van der Waals surface area contributed by atoms with Crippen LogP contribution in [0.5, 0.6) is 5.88 Å². The van der Waals surface area contributed by atoms with Crippen LogP contribution in [0.25, 0.3) is 0 Å². The van der Waals surface area contributed by atoms with Crippen molar-refractivity contribution in [2.24, 2.45) is 0 Å². The van der Waals surface area contributed by atoms with Gasteiger partial charge < -0.3 is 9.64 Å². The second-order valence-electron chi connectivity index (χ2n) is 6.36. The molecule has 1 saturated heterocycles. The lowest BCUT2D eigenvalue weighted by atomic mass is 10.1. The number of likely N-dealkylation sites (tertiary alicyclic amines) is 1. The fourth-order valence-corrected chi connectivity index (χ4v) is 2.90. The van der Waals surface area contributed by atoms with Gasteiger partial charge in [-0.15, -0.1) is 0 Å². The first-order valence-corrected chi connectivity index (χ1v) is 8.35. The molecule has 0 radical (unpaired) electrons. The molecule has 138 valence electrons. The normalized spacial score (nSPS) is 17.4. The molecule has 1 unspecified atom stereocenters. The van der Waals surface area contributed by atoms with E-state index < -0.39 is 11.7 Å². The summed E-state index contributed by atoms with van der Waals surface area (Å²) in [6.45, 7) is 2.90. The molecule has 7 heteroatoms. The van der Waals surface area contributed by atoms with Crippen molar-refractivity contribution in [1.82, 2.24) is 9.88 Å². The Morgan fingerprint density at radius 1 is 1.23 bits per heavy atom. The van der Waals surface area contributed by atoms with Crippen molar-refractivity contribution in [2.75, 3.05) is 13.1 Å². The van der Waals surface area contributed by atoms with E-state index in [0.717, 1.165) is 17.8 Å². The van der Waals surface area contributed by atoms with Crippen molar-refractivity contribution >= 4 is 5.91 Å². The molecule has 3 rings (SSSR count). The molecule has 1 aromatic carbocycles. The van der Waals surface area contributed by atoms with Gasteiger partial charge in [0.25, 0.3) is 0 Å². The Labute approximate surface area is 149 Å². The van der Waals surface area contributed by atoms with Crippen molar-refractivity contribution in [3.8, 4) is 5.88 Å². The van der Waals surface area contributed by atoms with Gasteiger partial charge in [0.05, 0.1) is 18.5 Å². The number of aryl methyl sites for hydroxylation is 1. The van der Waals surface area contributed by atoms with Crippen molar-refractivity contribution < 1.29 is 22.7 Å². The quantitative estimate of drug-likeness (QED) is 0.832. The zero-order valence-corrected chi connectivity index (χ0v) is 14.3. The Morgan fingerprint density at radius 3 is 2.62 bits per heavy atom. The third-order valence-corrected chi connectivity index (χ3v) is 4.28. The van der Waals surface area contributed by atoms with Crippen molar-refractivity contribution in [1.29, 1.82) is 0 Å². The van der Waals surface area contributed by atoms with E-state index >= 15 is 0 Å². The van der Waals surface area contributed by atoms with E-state index in [0.29, 0.717) is 31.0 Å². The molecule has 0 saturated carbocycles. The van der Waals surface area contributed by atoms with Crippen LogP contribution in [0.1, 0.15) is 23.2 Å². The molecule has 1 aliphatic rings. The summed E-state index contributed by atoms with van der Waals surface area (Å²) in [6, 6.07) is 10.2. The predicted molar refractivity (Wildman–Crippen MR) is 89.7 cm³/mol. The molecule has 4 nitrogen and oxygen atoms in total. The Bertz CT molecular complexity index is 775. The van der Waals surface area contributed by atoms with Gasteiger partial charge in [-0.2, -0.15) is 13.2 Å². The number of hydrogen-bond acceptors (Lipinski definition) is 3. The maximum atomic E-state index is 12.6. The average molecular weight is 364 g/mol. The number of nitrogens with zero attached hydrogens (tertiary/aromatic N) is 2. The van der Waals surface area contributed by atoms with E-state index in [1.807, 2.05) is 19.1 Å². The molecule has 1 aliphatic heterocycles. The van der Waals surface area contributed by atoms with Crippen molar-refractivity contribution in [3.63, 3.8) is 0 Å². The number of benzene rings is 1. The molecule has 2 heterocycles. The molecular weight excluding hydrogens is 345 g/mol. The second kappa shape index (κ2) is 7.35. The van der Waals surface area contributed by atoms with Crippen LogP contribution in [-0.2, 0) is 17.4 Å². The van der Waals surface area contributed by atoms with Gasteiger partial charge in [-0.05, 0) is 30.7 Å². The summed E-state index contributed by atoms with van der Waals surface area (Å²) in [5.41, 5.74) is 0.706. The van der Waals surface area contributed by atoms with Gasteiger partial charge in [0.1, 0.15) is 6.10 Å². The first-order chi connectivity index (χ1) is 12.3. The fourth-order valence-electron chi connectivity index (χ4n) is 2.90. The highest BCUT2D eigenvalue weighted by Gasteiger charge is 2.31. The number of amides is 1. The third-order valence-electron chi connectivity index (χ3n) is 4.28. The molecule has 1 atom stereocenters. The SMILES string of the molecule is Cc1cccc(OC2CCN(C(=O)Cc3ccc(C(F)(F)F)cc3)C2)n1. The molecule has 2 aromatic rings. The lowest BCUT2D eigenvalue weighted by Gasteiger charge is -2.17. The zero-order valence-electron chi connectivity index (χ0n) is 14.3. The lowest BCUT2D eigenvalue weighted by molar-refractivity contribution is -0.137. The summed E-state index contributed by atoms with van der Waals surface area (Å²) < 4.78 is 43.6. The van der Waals surface area contributed by atoms with Gasteiger partial charge in [-0.1, -0.05) is 18.2 Å². The van der Waals surface area contributed by atoms with Gasteiger partial charge in [0, 0.05) is 24.7 Å². The number of alkyl halides is 3. The minimum absolute atomic E-state index is 0.0769. The summed E-state index contributed by atoms with van der Waals surface area (Å²) in [6.07, 6.45) is -3.71. The van der Waals surface area contributed by atoms with Gasteiger partial charge in [-0.3, -0.25) is 4.79 Å². The number of rotatable bonds is 4. The topological polar surface area (TPSA) is 42.4 Å². The maximum Gasteiger partial charge on any atom is 0.416 e. The standard InChI is InChI=1S/C19H19F3N2O2/c1-13-3-2-4-17(23-13)26-16-9-10-24(12-16)18(25)11-14-5-7-15(8-6-14)19(20,21)22/h2-8,16H,9-12H2,1H3. The average Bonchev–Trinajstić information content (AvgIpc) is 3.03. The largest absolute Gasteiger partial charge is 0.472 e. The summed E-state index contributed by atoms with van der Waals surface area (Å²) in [5, 5.41) is 0. The van der Waals surface area contributed by atoms with Gasteiger partial charge in [0.2, 0.25) is 11.8 Å². The summed E-state index contributed by atoms with van der Waals surface area (Å²) in [7, 11) is 0. The van der Waals surface area contributed by atoms with Gasteiger partial charge in [0.15, 0.2) is 0 Å². The molecule has 0 spiro atoms. The first-order valence-electron chi connectivity index (χ1n) is 8.35. The molecule has 1 fully saturated rings. The maximum absolute atomic E-state index is 12.6. The molecule has 26 heavy (non-hydrogen) atoms. The Hall–Kier alpha value is -2.57. The number of halogens is 3. The van der Waals surface area contributed by atoms with Crippen LogP contribution in [0.15, 0.2) is 42.5 Å². The van der Waals surface area contributed by atoms with E-state index in [-0.39, 0.29) is 18.4 Å². The molecule has 1 amide bonds. The third kappa shape index (κ3) is 4.53. The minimum atomic E-state index is -4.37. The van der Waals surface area contributed by atoms with E-state index in [1.54, 1.807) is 11.0 Å². The highest BCUT2D eigenvalue weighted by atomic mass is 19.4. The van der Waals surface area contributed by atoms with Crippen LogP contribution in [0, 0.1) is 6.92 Å². The fraction of sp³-hybridized carbons (Fsp3) is 0.368. The molecule has 0 bridgehead atoms. The number of carbonyl (C=O) groups is 1. The molecule has 0 aliphatic carbocycles.